The number of nitrogens with zero attached hydrogens (tertiary/aromatic N) is 2. The van der Waals surface area contributed by atoms with Crippen molar-refractivity contribution in [3.63, 3.8) is 0 Å². The molecule has 0 saturated carbocycles. The van der Waals surface area contributed by atoms with Crippen molar-refractivity contribution in [3.8, 4) is 5.69 Å². The van der Waals surface area contributed by atoms with E-state index in [1.165, 1.54) is 10.7 Å². The summed E-state index contributed by atoms with van der Waals surface area (Å²) >= 11 is 0. The Labute approximate surface area is 128 Å². The Balaban J connectivity index is 2.19. The molecule has 22 heavy (non-hydrogen) atoms. The molecule has 0 fully saturated rings. The summed E-state index contributed by atoms with van der Waals surface area (Å²) in [7, 11) is 0. The second-order valence-electron chi connectivity index (χ2n) is 5.50. The van der Waals surface area contributed by atoms with Crippen LogP contribution in [0.15, 0.2) is 24.3 Å². The topological polar surface area (TPSA) is 67.2 Å². The average molecular weight is 305 g/mol. The van der Waals surface area contributed by atoms with Crippen LogP contribution in [-0.4, -0.2) is 33.9 Å². The summed E-state index contributed by atoms with van der Waals surface area (Å²) in [6.07, 6.45) is 0. The number of amides is 1. The first-order chi connectivity index (χ1) is 10.4. The molecule has 6 heteroatoms. The van der Waals surface area contributed by atoms with Crippen LogP contribution in [0.3, 0.4) is 0 Å². The SMILES string of the molecule is Cc1cc(C)n(-c2ccc(C(=O)NCC(C)CO)cc2F)n1. The number of nitrogens with one attached hydrogen (secondary N) is 1. The number of aromatic nitrogens is 2. The molecule has 0 radical (unpaired) electrons. The standard InChI is InChI=1S/C16H20FN3O2/c1-10(9-21)8-18-16(22)13-4-5-15(14(17)7-13)20-12(3)6-11(2)19-20/h4-7,10,21H,8-9H2,1-3H3,(H,18,22). The highest BCUT2D eigenvalue weighted by atomic mass is 19.1. The molecular weight excluding hydrogens is 285 g/mol. The van der Waals surface area contributed by atoms with Crippen LogP contribution in [0.5, 0.6) is 0 Å². The van der Waals surface area contributed by atoms with E-state index in [-0.39, 0.29) is 24.0 Å². The fourth-order valence-electron chi connectivity index (χ4n) is 2.13. The second kappa shape index (κ2) is 6.70. The molecule has 0 saturated heterocycles. The molecule has 0 aliphatic carbocycles. The summed E-state index contributed by atoms with van der Waals surface area (Å²) in [5.74, 6) is -0.907. The van der Waals surface area contributed by atoms with Crippen molar-refractivity contribution in [2.45, 2.75) is 20.8 Å². The maximum Gasteiger partial charge on any atom is 0.251 e. The van der Waals surface area contributed by atoms with Crippen LogP contribution in [0, 0.1) is 25.6 Å². The highest BCUT2D eigenvalue weighted by Gasteiger charge is 2.13. The first-order valence-electron chi connectivity index (χ1n) is 7.14. The van der Waals surface area contributed by atoms with Gasteiger partial charge in [-0.2, -0.15) is 5.10 Å². The Morgan fingerprint density at radius 2 is 2.14 bits per heavy atom. The Morgan fingerprint density at radius 1 is 1.41 bits per heavy atom. The van der Waals surface area contributed by atoms with E-state index in [4.69, 9.17) is 5.11 Å². The molecule has 2 N–H and O–H groups in total. The maximum absolute atomic E-state index is 14.3. The number of halogens is 1. The summed E-state index contributed by atoms with van der Waals surface area (Å²) in [6, 6.07) is 6.16. The lowest BCUT2D eigenvalue weighted by Crippen LogP contribution is -2.29. The zero-order chi connectivity index (χ0) is 16.3. The van der Waals surface area contributed by atoms with Gasteiger partial charge in [0.25, 0.3) is 5.91 Å². The second-order valence-corrected chi connectivity index (χ2v) is 5.50. The van der Waals surface area contributed by atoms with Gasteiger partial charge >= 0.3 is 0 Å². The highest BCUT2D eigenvalue weighted by Crippen LogP contribution is 2.17. The third-order valence-electron chi connectivity index (χ3n) is 3.37. The van der Waals surface area contributed by atoms with E-state index < -0.39 is 5.82 Å². The zero-order valence-corrected chi connectivity index (χ0v) is 12.9. The summed E-state index contributed by atoms with van der Waals surface area (Å²) in [6.45, 7) is 5.83. The van der Waals surface area contributed by atoms with E-state index in [1.807, 2.05) is 26.8 Å². The molecule has 1 aromatic carbocycles. The first kappa shape index (κ1) is 16.2. The van der Waals surface area contributed by atoms with Crippen LogP contribution in [0.4, 0.5) is 4.39 Å². The lowest BCUT2D eigenvalue weighted by Gasteiger charge is -2.11. The summed E-state index contributed by atoms with van der Waals surface area (Å²) in [5.41, 5.74) is 2.18. The van der Waals surface area contributed by atoms with Crippen molar-refractivity contribution >= 4 is 5.91 Å². The van der Waals surface area contributed by atoms with E-state index in [0.29, 0.717) is 12.2 Å². The smallest absolute Gasteiger partial charge is 0.251 e. The number of carbonyl (C=O) groups is 1. The number of hydrogen-bond acceptors (Lipinski definition) is 3. The predicted octanol–water partition coefficient (Wildman–Crippen LogP) is 1.99. The normalized spacial score (nSPS) is 12.2. The molecule has 2 aromatic rings. The van der Waals surface area contributed by atoms with Crippen molar-refractivity contribution in [1.29, 1.82) is 0 Å². The molecule has 1 unspecified atom stereocenters. The maximum atomic E-state index is 14.3. The lowest BCUT2D eigenvalue weighted by molar-refractivity contribution is 0.0942. The minimum Gasteiger partial charge on any atom is -0.396 e. The van der Waals surface area contributed by atoms with Gasteiger partial charge in [-0.15, -0.1) is 0 Å². The molecule has 118 valence electrons. The Hall–Kier alpha value is -2.21. The van der Waals surface area contributed by atoms with Gasteiger partial charge in [-0.05, 0) is 44.0 Å². The Bertz CT molecular complexity index is 682. The lowest BCUT2D eigenvalue weighted by atomic mass is 10.1. The van der Waals surface area contributed by atoms with Gasteiger partial charge in [-0.3, -0.25) is 4.79 Å². The largest absolute Gasteiger partial charge is 0.396 e. The Kier molecular flexibility index (Phi) is 4.92. The van der Waals surface area contributed by atoms with Crippen molar-refractivity contribution in [2.75, 3.05) is 13.2 Å². The van der Waals surface area contributed by atoms with E-state index in [2.05, 4.69) is 10.4 Å². The van der Waals surface area contributed by atoms with Crippen LogP contribution in [0.25, 0.3) is 5.69 Å². The number of carbonyl (C=O) groups excluding carboxylic acids is 1. The van der Waals surface area contributed by atoms with E-state index in [0.717, 1.165) is 11.4 Å². The van der Waals surface area contributed by atoms with E-state index in [1.54, 1.807) is 12.1 Å². The van der Waals surface area contributed by atoms with Crippen LogP contribution in [0.2, 0.25) is 0 Å². The highest BCUT2D eigenvalue weighted by molar-refractivity contribution is 5.94. The molecule has 1 aromatic heterocycles. The molecule has 1 atom stereocenters. The van der Waals surface area contributed by atoms with Crippen molar-refractivity contribution in [3.05, 3.63) is 47.0 Å². The summed E-state index contributed by atoms with van der Waals surface area (Å²) < 4.78 is 15.8. The van der Waals surface area contributed by atoms with Gasteiger partial charge in [-0.25, -0.2) is 9.07 Å². The Morgan fingerprint density at radius 3 is 2.68 bits per heavy atom. The van der Waals surface area contributed by atoms with Crippen LogP contribution >= 0.6 is 0 Å². The third-order valence-corrected chi connectivity index (χ3v) is 3.37. The van der Waals surface area contributed by atoms with Crippen LogP contribution in [0.1, 0.15) is 28.7 Å². The molecular formula is C16H20FN3O2. The minimum atomic E-state index is -0.506. The summed E-state index contributed by atoms with van der Waals surface area (Å²) in [4.78, 5) is 12.0. The number of aliphatic hydroxyl groups is 1. The molecule has 0 aliphatic heterocycles. The van der Waals surface area contributed by atoms with E-state index >= 15 is 0 Å². The number of hydrogen-bond donors (Lipinski definition) is 2. The molecule has 0 bridgehead atoms. The van der Waals surface area contributed by atoms with Crippen molar-refractivity contribution in [1.82, 2.24) is 15.1 Å². The molecule has 0 spiro atoms. The van der Waals surface area contributed by atoms with Gasteiger partial charge < -0.3 is 10.4 Å². The molecule has 2 rings (SSSR count). The third kappa shape index (κ3) is 3.51. The van der Waals surface area contributed by atoms with Gasteiger partial charge in [0.15, 0.2) is 0 Å². The quantitative estimate of drug-likeness (QED) is 0.887. The van der Waals surface area contributed by atoms with Gasteiger partial charge in [-0.1, -0.05) is 6.92 Å². The predicted molar refractivity (Wildman–Crippen MR) is 81.6 cm³/mol. The fraction of sp³-hybridized carbons (Fsp3) is 0.375. The van der Waals surface area contributed by atoms with Gasteiger partial charge in [0.05, 0.1) is 5.69 Å². The van der Waals surface area contributed by atoms with Gasteiger partial charge in [0.1, 0.15) is 11.5 Å². The van der Waals surface area contributed by atoms with Crippen LogP contribution < -0.4 is 5.32 Å². The average Bonchev–Trinajstić information content (AvgIpc) is 2.82. The van der Waals surface area contributed by atoms with Gasteiger partial charge in [0, 0.05) is 24.4 Å². The summed E-state index contributed by atoms with van der Waals surface area (Å²) in [5, 5.41) is 15.8. The minimum absolute atomic E-state index is 0.00843. The number of benzene rings is 1. The van der Waals surface area contributed by atoms with E-state index in [9.17, 15) is 9.18 Å². The molecule has 0 aliphatic rings. The van der Waals surface area contributed by atoms with Gasteiger partial charge in [0.2, 0.25) is 0 Å². The first-order valence-corrected chi connectivity index (χ1v) is 7.14. The van der Waals surface area contributed by atoms with Crippen molar-refractivity contribution < 1.29 is 14.3 Å². The number of rotatable bonds is 5. The monoisotopic (exact) mass is 305 g/mol. The molecule has 1 heterocycles. The molecule has 5 nitrogen and oxygen atoms in total. The van der Waals surface area contributed by atoms with Crippen molar-refractivity contribution in [2.24, 2.45) is 5.92 Å². The molecule has 1 amide bonds. The van der Waals surface area contributed by atoms with Crippen LogP contribution in [-0.2, 0) is 0 Å². The fourth-order valence-corrected chi connectivity index (χ4v) is 2.13. The number of aliphatic hydroxyl groups excluding tert-OH is 1. The number of aryl methyl sites for hydroxylation is 2. The zero-order valence-electron chi connectivity index (χ0n) is 12.9.